The fourth-order valence-electron chi connectivity index (χ4n) is 3.02. The third-order valence-electron chi connectivity index (χ3n) is 4.11. The number of hydrogen-bond donors (Lipinski definition) is 2. The van der Waals surface area contributed by atoms with Crippen molar-refractivity contribution in [2.24, 2.45) is 0 Å². The van der Waals surface area contributed by atoms with Crippen molar-refractivity contribution in [1.82, 2.24) is 5.32 Å². The molecular formula is C16H21NO2. The van der Waals surface area contributed by atoms with Crippen LogP contribution in [-0.4, -0.2) is 23.2 Å². The van der Waals surface area contributed by atoms with E-state index in [2.05, 4.69) is 23.5 Å². The molecule has 2 N–H and O–H groups in total. The molecular weight excluding hydrogens is 238 g/mol. The van der Waals surface area contributed by atoms with Crippen LogP contribution in [0, 0.1) is 0 Å². The van der Waals surface area contributed by atoms with Crippen LogP contribution in [0.5, 0.6) is 0 Å². The van der Waals surface area contributed by atoms with Crippen molar-refractivity contribution in [2.75, 3.05) is 0 Å². The lowest BCUT2D eigenvalue weighted by Gasteiger charge is -2.17. The zero-order valence-electron chi connectivity index (χ0n) is 11.2. The van der Waals surface area contributed by atoms with Crippen LogP contribution in [0.1, 0.15) is 42.4 Å². The minimum atomic E-state index is -0.709. The van der Waals surface area contributed by atoms with Crippen molar-refractivity contribution in [3.8, 4) is 0 Å². The topological polar surface area (TPSA) is 49.3 Å². The van der Waals surface area contributed by atoms with Crippen LogP contribution < -0.4 is 5.32 Å². The first-order valence-corrected chi connectivity index (χ1v) is 7.29. The Kier molecular flexibility index (Phi) is 3.56. The van der Waals surface area contributed by atoms with Crippen LogP contribution in [0.3, 0.4) is 0 Å². The van der Waals surface area contributed by atoms with Crippen LogP contribution in [-0.2, 0) is 24.1 Å². The predicted octanol–water partition coefficient (Wildman–Crippen LogP) is 2.31. The summed E-state index contributed by atoms with van der Waals surface area (Å²) in [6, 6.07) is 7.31. The zero-order chi connectivity index (χ0) is 13.2. The number of carboxylic acids is 1. The average molecular weight is 259 g/mol. The smallest absolute Gasteiger partial charge is 0.304 e. The van der Waals surface area contributed by atoms with E-state index in [9.17, 15) is 4.79 Å². The summed E-state index contributed by atoms with van der Waals surface area (Å²) in [6.45, 7) is 0. The van der Waals surface area contributed by atoms with Crippen LogP contribution in [0.2, 0.25) is 0 Å². The molecule has 1 unspecified atom stereocenters. The molecule has 0 amide bonds. The number of benzene rings is 1. The van der Waals surface area contributed by atoms with Crippen LogP contribution in [0.4, 0.5) is 0 Å². The van der Waals surface area contributed by atoms with Gasteiger partial charge in [0.25, 0.3) is 0 Å². The van der Waals surface area contributed by atoms with Gasteiger partial charge >= 0.3 is 5.97 Å². The van der Waals surface area contributed by atoms with E-state index in [1.807, 2.05) is 0 Å². The molecule has 102 valence electrons. The fourth-order valence-corrected chi connectivity index (χ4v) is 3.02. The molecule has 1 aromatic rings. The van der Waals surface area contributed by atoms with Gasteiger partial charge in [-0.05, 0) is 55.2 Å². The molecule has 19 heavy (non-hydrogen) atoms. The standard InChI is InChI=1S/C16H21NO2/c18-16(19)10-15(17-14-6-7-14)9-11-4-5-12-2-1-3-13(12)8-11/h4-5,8,14-15,17H,1-3,6-7,9-10H2,(H,18,19). The van der Waals surface area contributed by atoms with Gasteiger partial charge in [-0.15, -0.1) is 0 Å². The highest BCUT2D eigenvalue weighted by Gasteiger charge is 2.26. The Morgan fingerprint density at radius 2 is 2.11 bits per heavy atom. The van der Waals surface area contributed by atoms with E-state index >= 15 is 0 Å². The first-order chi connectivity index (χ1) is 9.20. The summed E-state index contributed by atoms with van der Waals surface area (Å²) in [7, 11) is 0. The number of carboxylic acid groups (broad SMARTS) is 1. The number of fused-ring (bicyclic) bond motifs is 1. The average Bonchev–Trinajstić information content (AvgIpc) is 3.04. The van der Waals surface area contributed by atoms with Gasteiger partial charge in [-0.3, -0.25) is 4.79 Å². The second-order valence-corrected chi connectivity index (χ2v) is 5.90. The molecule has 0 radical (unpaired) electrons. The highest BCUT2D eigenvalue weighted by Crippen LogP contribution is 2.25. The summed E-state index contributed by atoms with van der Waals surface area (Å²) in [5.41, 5.74) is 4.23. The predicted molar refractivity (Wildman–Crippen MR) is 74.4 cm³/mol. The van der Waals surface area contributed by atoms with E-state index in [1.165, 1.54) is 48.8 Å². The van der Waals surface area contributed by atoms with Gasteiger partial charge in [0, 0.05) is 12.1 Å². The van der Waals surface area contributed by atoms with E-state index in [4.69, 9.17) is 5.11 Å². The summed E-state index contributed by atoms with van der Waals surface area (Å²) in [4.78, 5) is 10.9. The molecule has 2 aliphatic carbocycles. The van der Waals surface area contributed by atoms with Gasteiger partial charge < -0.3 is 10.4 Å². The van der Waals surface area contributed by atoms with Gasteiger partial charge in [0.05, 0.1) is 6.42 Å². The Labute approximate surface area is 114 Å². The number of hydrogen-bond acceptors (Lipinski definition) is 2. The van der Waals surface area contributed by atoms with Crippen molar-refractivity contribution < 1.29 is 9.90 Å². The van der Waals surface area contributed by atoms with Crippen LogP contribution >= 0.6 is 0 Å². The van der Waals surface area contributed by atoms with Crippen LogP contribution in [0.15, 0.2) is 18.2 Å². The van der Waals surface area contributed by atoms with Crippen molar-refractivity contribution in [3.63, 3.8) is 0 Å². The first kappa shape index (κ1) is 12.7. The van der Waals surface area contributed by atoms with Crippen molar-refractivity contribution in [1.29, 1.82) is 0 Å². The molecule has 0 heterocycles. The molecule has 3 heteroatoms. The summed E-state index contributed by atoms with van der Waals surface area (Å²) in [5.74, 6) is -0.709. The number of carbonyl (C=O) groups is 1. The van der Waals surface area contributed by atoms with Gasteiger partial charge in [-0.1, -0.05) is 18.2 Å². The van der Waals surface area contributed by atoms with Crippen molar-refractivity contribution >= 4 is 5.97 Å². The monoisotopic (exact) mass is 259 g/mol. The molecule has 3 nitrogen and oxygen atoms in total. The molecule has 0 spiro atoms. The minimum Gasteiger partial charge on any atom is -0.481 e. The Balaban J connectivity index is 1.67. The Morgan fingerprint density at radius 3 is 2.84 bits per heavy atom. The Bertz CT molecular complexity index is 480. The second kappa shape index (κ2) is 5.33. The molecule has 1 atom stereocenters. The van der Waals surface area contributed by atoms with E-state index in [1.54, 1.807) is 0 Å². The summed E-state index contributed by atoms with van der Waals surface area (Å²) >= 11 is 0. The Morgan fingerprint density at radius 1 is 1.32 bits per heavy atom. The SMILES string of the molecule is O=C(O)CC(Cc1ccc2c(c1)CCC2)NC1CC1. The summed E-state index contributed by atoms with van der Waals surface area (Å²) in [5, 5.41) is 12.5. The molecule has 0 aliphatic heterocycles. The minimum absolute atomic E-state index is 0.0736. The lowest BCUT2D eigenvalue weighted by atomic mass is 9.99. The van der Waals surface area contributed by atoms with Crippen LogP contribution in [0.25, 0.3) is 0 Å². The number of aryl methyl sites for hydroxylation is 2. The molecule has 1 saturated carbocycles. The molecule has 1 aromatic carbocycles. The third kappa shape index (κ3) is 3.35. The molecule has 0 bridgehead atoms. The number of nitrogens with one attached hydrogen (secondary N) is 1. The van der Waals surface area contributed by atoms with Gasteiger partial charge in [0.2, 0.25) is 0 Å². The molecule has 0 saturated heterocycles. The molecule has 0 aromatic heterocycles. The lowest BCUT2D eigenvalue weighted by Crippen LogP contribution is -2.35. The summed E-state index contributed by atoms with van der Waals surface area (Å²) < 4.78 is 0. The zero-order valence-corrected chi connectivity index (χ0v) is 11.2. The third-order valence-corrected chi connectivity index (χ3v) is 4.11. The largest absolute Gasteiger partial charge is 0.481 e. The second-order valence-electron chi connectivity index (χ2n) is 5.90. The molecule has 2 aliphatic rings. The van der Waals surface area contributed by atoms with E-state index < -0.39 is 5.97 Å². The highest BCUT2D eigenvalue weighted by molar-refractivity contribution is 5.67. The quantitative estimate of drug-likeness (QED) is 0.824. The lowest BCUT2D eigenvalue weighted by molar-refractivity contribution is -0.137. The van der Waals surface area contributed by atoms with Gasteiger partial charge in [0.15, 0.2) is 0 Å². The maximum absolute atomic E-state index is 10.9. The first-order valence-electron chi connectivity index (χ1n) is 7.29. The van der Waals surface area contributed by atoms with Crippen molar-refractivity contribution in [2.45, 2.75) is 57.0 Å². The highest BCUT2D eigenvalue weighted by atomic mass is 16.4. The molecule has 3 rings (SSSR count). The number of aliphatic carboxylic acids is 1. The maximum atomic E-state index is 10.9. The van der Waals surface area contributed by atoms with Gasteiger partial charge in [0.1, 0.15) is 0 Å². The maximum Gasteiger partial charge on any atom is 0.304 e. The normalized spacial score (nSPS) is 19.2. The molecule has 1 fully saturated rings. The van der Waals surface area contributed by atoms with Gasteiger partial charge in [-0.2, -0.15) is 0 Å². The van der Waals surface area contributed by atoms with E-state index in [0.717, 1.165) is 6.42 Å². The number of rotatable bonds is 6. The van der Waals surface area contributed by atoms with Crippen molar-refractivity contribution in [3.05, 3.63) is 34.9 Å². The van der Waals surface area contributed by atoms with E-state index in [-0.39, 0.29) is 12.5 Å². The Hall–Kier alpha value is -1.35. The van der Waals surface area contributed by atoms with Gasteiger partial charge in [-0.25, -0.2) is 0 Å². The fraction of sp³-hybridized carbons (Fsp3) is 0.562. The van der Waals surface area contributed by atoms with E-state index in [0.29, 0.717) is 6.04 Å². The summed E-state index contributed by atoms with van der Waals surface area (Å²) in [6.07, 6.45) is 7.08.